The van der Waals surface area contributed by atoms with Crippen LogP contribution in [0.3, 0.4) is 0 Å². The zero-order valence-electron chi connectivity index (χ0n) is 12.4. The Morgan fingerprint density at radius 3 is 2.68 bits per heavy atom. The van der Waals surface area contributed by atoms with Gasteiger partial charge in [0, 0.05) is 12.6 Å². The van der Waals surface area contributed by atoms with Crippen LogP contribution < -0.4 is 5.32 Å². The summed E-state index contributed by atoms with van der Waals surface area (Å²) in [5.74, 6) is 0.794. The molecular weight excluding hydrogens is 238 g/mol. The molecule has 0 aromatic carbocycles. The maximum atomic E-state index is 12.5. The van der Waals surface area contributed by atoms with Crippen LogP contribution in [0, 0.1) is 5.92 Å². The fourth-order valence-corrected chi connectivity index (χ4v) is 4.20. The molecule has 4 heteroatoms. The molecule has 4 atom stereocenters. The third-order valence-corrected chi connectivity index (χ3v) is 5.15. The number of nitrogens with zero attached hydrogens (tertiary/aromatic N) is 2. The molecule has 0 aromatic heterocycles. The number of amides is 1. The van der Waals surface area contributed by atoms with Gasteiger partial charge in [0.2, 0.25) is 5.91 Å². The second kappa shape index (κ2) is 5.06. The molecule has 3 fully saturated rings. The Kier molecular flexibility index (Phi) is 3.56. The van der Waals surface area contributed by atoms with Crippen molar-refractivity contribution < 1.29 is 4.79 Å². The Balaban J connectivity index is 1.81. The Morgan fingerprint density at radius 1 is 1.16 bits per heavy atom. The van der Waals surface area contributed by atoms with E-state index >= 15 is 0 Å². The first-order valence-electron chi connectivity index (χ1n) is 7.92. The van der Waals surface area contributed by atoms with Crippen LogP contribution in [0.25, 0.3) is 0 Å². The van der Waals surface area contributed by atoms with Gasteiger partial charge in [-0.3, -0.25) is 15.0 Å². The van der Waals surface area contributed by atoms with Crippen LogP contribution in [0.5, 0.6) is 0 Å². The first kappa shape index (κ1) is 13.4. The molecule has 0 aliphatic carbocycles. The molecule has 3 rings (SSSR count). The zero-order valence-corrected chi connectivity index (χ0v) is 12.4. The van der Waals surface area contributed by atoms with Gasteiger partial charge in [0.05, 0.1) is 18.2 Å². The van der Waals surface area contributed by atoms with Crippen LogP contribution in [0.1, 0.15) is 46.5 Å². The number of hydrogen-bond acceptors (Lipinski definition) is 3. The lowest BCUT2D eigenvalue weighted by Crippen LogP contribution is -2.53. The summed E-state index contributed by atoms with van der Waals surface area (Å²) in [6.45, 7) is 8.84. The van der Waals surface area contributed by atoms with Crippen LogP contribution in [0.4, 0.5) is 0 Å². The molecule has 3 aliphatic heterocycles. The number of carbonyl (C=O) groups is 1. The minimum absolute atomic E-state index is 0.00922. The number of rotatable bonds is 2. The quantitative estimate of drug-likeness (QED) is 0.820. The van der Waals surface area contributed by atoms with Gasteiger partial charge in [0.15, 0.2) is 0 Å². The second-order valence-electron chi connectivity index (χ2n) is 6.78. The van der Waals surface area contributed by atoms with E-state index < -0.39 is 0 Å². The zero-order chi connectivity index (χ0) is 13.6. The Morgan fingerprint density at radius 2 is 1.95 bits per heavy atom. The van der Waals surface area contributed by atoms with Crippen molar-refractivity contribution in [2.24, 2.45) is 5.92 Å². The highest BCUT2D eigenvalue weighted by Gasteiger charge is 2.47. The first-order valence-corrected chi connectivity index (χ1v) is 7.92. The summed E-state index contributed by atoms with van der Waals surface area (Å²) in [4.78, 5) is 17.3. The van der Waals surface area contributed by atoms with E-state index in [-0.39, 0.29) is 12.2 Å². The normalized spacial score (nSPS) is 40.2. The summed E-state index contributed by atoms with van der Waals surface area (Å²) < 4.78 is 0. The smallest absolute Gasteiger partial charge is 0.241 e. The minimum Gasteiger partial charge on any atom is -0.321 e. The van der Waals surface area contributed by atoms with E-state index in [1.54, 1.807) is 0 Å². The Bertz CT molecular complexity index is 357. The molecule has 1 N–H and O–H groups in total. The molecule has 108 valence electrons. The Labute approximate surface area is 116 Å². The van der Waals surface area contributed by atoms with E-state index in [1.807, 2.05) is 6.92 Å². The van der Waals surface area contributed by atoms with Crippen molar-refractivity contribution in [3.63, 3.8) is 0 Å². The van der Waals surface area contributed by atoms with Gasteiger partial charge in [-0.25, -0.2) is 0 Å². The largest absolute Gasteiger partial charge is 0.321 e. The van der Waals surface area contributed by atoms with E-state index in [9.17, 15) is 4.79 Å². The first-order chi connectivity index (χ1) is 9.09. The highest BCUT2D eigenvalue weighted by Crippen LogP contribution is 2.34. The predicted molar refractivity (Wildman–Crippen MR) is 75.7 cm³/mol. The van der Waals surface area contributed by atoms with Gasteiger partial charge in [0.1, 0.15) is 0 Å². The van der Waals surface area contributed by atoms with Crippen molar-refractivity contribution in [2.45, 2.75) is 70.7 Å². The molecule has 1 amide bonds. The van der Waals surface area contributed by atoms with Gasteiger partial charge in [-0.05, 0) is 38.6 Å². The number of carbonyl (C=O) groups excluding carboxylic acids is 1. The van der Waals surface area contributed by atoms with Crippen LogP contribution in [-0.2, 0) is 4.79 Å². The number of piperidine rings is 1. The van der Waals surface area contributed by atoms with Crippen LogP contribution in [0.2, 0.25) is 0 Å². The molecule has 0 spiro atoms. The van der Waals surface area contributed by atoms with Gasteiger partial charge in [-0.1, -0.05) is 20.3 Å². The lowest BCUT2D eigenvalue weighted by atomic mass is 9.96. The van der Waals surface area contributed by atoms with Crippen molar-refractivity contribution in [1.82, 2.24) is 15.1 Å². The fraction of sp³-hybridized carbons (Fsp3) is 0.933. The summed E-state index contributed by atoms with van der Waals surface area (Å²) >= 11 is 0. The van der Waals surface area contributed by atoms with E-state index in [4.69, 9.17) is 0 Å². The van der Waals surface area contributed by atoms with Crippen molar-refractivity contribution in [3.05, 3.63) is 0 Å². The van der Waals surface area contributed by atoms with Crippen LogP contribution in [-0.4, -0.2) is 53.1 Å². The summed E-state index contributed by atoms with van der Waals surface area (Å²) in [5, 5.41) is 3.48. The maximum Gasteiger partial charge on any atom is 0.241 e. The molecule has 0 bridgehead atoms. The maximum absolute atomic E-state index is 12.5. The number of fused-ring (bicyclic) bond motifs is 1. The molecule has 3 saturated heterocycles. The van der Waals surface area contributed by atoms with E-state index in [0.29, 0.717) is 23.9 Å². The standard InChI is InChI=1S/C15H27N3O/c1-10(2)14-16-11(3)15(19)18(14)13-7-9-17-8-5-4-6-12(13)17/h10-14,16H,4-9H2,1-3H3. The van der Waals surface area contributed by atoms with Gasteiger partial charge in [0.25, 0.3) is 0 Å². The van der Waals surface area contributed by atoms with Crippen molar-refractivity contribution in [2.75, 3.05) is 13.1 Å². The summed E-state index contributed by atoms with van der Waals surface area (Å²) in [6, 6.07) is 1.05. The predicted octanol–water partition coefficient (Wildman–Crippen LogP) is 1.42. The molecule has 4 unspecified atom stereocenters. The molecule has 19 heavy (non-hydrogen) atoms. The third-order valence-electron chi connectivity index (χ3n) is 5.15. The monoisotopic (exact) mass is 265 g/mol. The van der Waals surface area contributed by atoms with Crippen molar-refractivity contribution in [3.8, 4) is 0 Å². The fourth-order valence-electron chi connectivity index (χ4n) is 4.20. The van der Waals surface area contributed by atoms with Crippen molar-refractivity contribution >= 4 is 5.91 Å². The SMILES string of the molecule is CC1NC(C(C)C)N(C2CCN3CCCCC23)C1=O. The van der Waals surface area contributed by atoms with E-state index in [2.05, 4.69) is 29.0 Å². The molecule has 0 aromatic rings. The molecule has 4 nitrogen and oxygen atoms in total. The highest BCUT2D eigenvalue weighted by molar-refractivity contribution is 5.84. The lowest BCUT2D eigenvalue weighted by molar-refractivity contribution is -0.133. The lowest BCUT2D eigenvalue weighted by Gasteiger charge is -2.39. The highest BCUT2D eigenvalue weighted by atomic mass is 16.2. The molecular formula is C15H27N3O. The summed E-state index contributed by atoms with van der Waals surface area (Å²) in [5.41, 5.74) is 0. The number of hydrogen-bond donors (Lipinski definition) is 1. The average molecular weight is 265 g/mol. The average Bonchev–Trinajstić information content (AvgIpc) is 2.92. The van der Waals surface area contributed by atoms with Crippen LogP contribution in [0.15, 0.2) is 0 Å². The molecule has 0 radical (unpaired) electrons. The van der Waals surface area contributed by atoms with Crippen LogP contribution >= 0.6 is 0 Å². The third kappa shape index (κ3) is 2.19. The van der Waals surface area contributed by atoms with Crippen molar-refractivity contribution in [1.29, 1.82) is 0 Å². The molecule has 3 aliphatic rings. The number of nitrogens with one attached hydrogen (secondary N) is 1. The summed E-state index contributed by atoms with van der Waals surface area (Å²) in [7, 11) is 0. The minimum atomic E-state index is -0.00922. The molecule has 0 saturated carbocycles. The van der Waals surface area contributed by atoms with Gasteiger partial charge >= 0.3 is 0 Å². The van der Waals surface area contributed by atoms with E-state index in [1.165, 1.54) is 32.4 Å². The van der Waals surface area contributed by atoms with Gasteiger partial charge in [-0.2, -0.15) is 0 Å². The topological polar surface area (TPSA) is 35.6 Å². The second-order valence-corrected chi connectivity index (χ2v) is 6.78. The molecule has 3 heterocycles. The Hall–Kier alpha value is -0.610. The van der Waals surface area contributed by atoms with Gasteiger partial charge in [-0.15, -0.1) is 0 Å². The summed E-state index contributed by atoms with van der Waals surface area (Å²) in [6.07, 6.45) is 5.32. The van der Waals surface area contributed by atoms with E-state index in [0.717, 1.165) is 6.42 Å². The van der Waals surface area contributed by atoms with Gasteiger partial charge < -0.3 is 4.90 Å².